The van der Waals surface area contributed by atoms with E-state index in [-0.39, 0.29) is 12.8 Å². The first-order chi connectivity index (χ1) is 8.97. The molecule has 1 aromatic carbocycles. The van der Waals surface area contributed by atoms with Crippen LogP contribution in [0.2, 0.25) is 5.02 Å². The maximum atomic E-state index is 11.8. The molecule has 0 fully saturated rings. The molecule has 1 aromatic rings. The molecule has 1 amide bonds. The largest absolute Gasteiger partial charge is 0.481 e. The van der Waals surface area contributed by atoms with Gasteiger partial charge in [0.1, 0.15) is 6.04 Å². The van der Waals surface area contributed by atoms with Gasteiger partial charge in [-0.3, -0.25) is 9.59 Å². The van der Waals surface area contributed by atoms with Gasteiger partial charge in [0.05, 0.1) is 12.5 Å². The molecule has 1 rings (SSSR count). The summed E-state index contributed by atoms with van der Waals surface area (Å²) in [4.78, 5) is 23.4. The van der Waals surface area contributed by atoms with Crippen molar-refractivity contribution in [3.63, 3.8) is 0 Å². The fourth-order valence-corrected chi connectivity index (χ4v) is 1.83. The number of nitriles is 1. The standard InChI is InChI=1S/C13H13ClN2O3/c1-16(12(17)6-7-13(18)19)11(8-15)9-4-2-3-5-10(9)14/h2-5,11H,6-7H2,1H3,(H,18,19). The molecule has 1 atom stereocenters. The van der Waals surface area contributed by atoms with E-state index in [0.29, 0.717) is 10.6 Å². The lowest BCUT2D eigenvalue weighted by Crippen LogP contribution is -2.30. The number of halogens is 1. The topological polar surface area (TPSA) is 81.4 Å². The van der Waals surface area contributed by atoms with Crippen LogP contribution in [0, 0.1) is 11.3 Å². The molecule has 0 aliphatic rings. The Morgan fingerprint density at radius 2 is 2.05 bits per heavy atom. The number of amides is 1. The van der Waals surface area contributed by atoms with Crippen molar-refractivity contribution in [2.75, 3.05) is 7.05 Å². The van der Waals surface area contributed by atoms with Crippen LogP contribution in [0.3, 0.4) is 0 Å². The summed E-state index contributed by atoms with van der Waals surface area (Å²) in [7, 11) is 1.46. The lowest BCUT2D eigenvalue weighted by Gasteiger charge is -2.23. The summed E-state index contributed by atoms with van der Waals surface area (Å²) in [5, 5.41) is 18.1. The third kappa shape index (κ3) is 3.97. The molecule has 0 radical (unpaired) electrons. The molecule has 0 aromatic heterocycles. The normalized spacial score (nSPS) is 11.4. The van der Waals surface area contributed by atoms with Crippen molar-refractivity contribution in [2.45, 2.75) is 18.9 Å². The highest BCUT2D eigenvalue weighted by Crippen LogP contribution is 2.26. The van der Waals surface area contributed by atoms with Crippen molar-refractivity contribution >= 4 is 23.5 Å². The highest BCUT2D eigenvalue weighted by Gasteiger charge is 2.23. The van der Waals surface area contributed by atoms with Gasteiger partial charge in [0.2, 0.25) is 5.91 Å². The van der Waals surface area contributed by atoms with E-state index in [2.05, 4.69) is 0 Å². The molecular formula is C13H13ClN2O3. The van der Waals surface area contributed by atoms with Crippen LogP contribution in [-0.4, -0.2) is 28.9 Å². The lowest BCUT2D eigenvalue weighted by atomic mass is 10.1. The Morgan fingerprint density at radius 3 is 2.58 bits per heavy atom. The number of carboxylic acid groups (broad SMARTS) is 1. The van der Waals surface area contributed by atoms with Crippen LogP contribution in [0.25, 0.3) is 0 Å². The fraction of sp³-hybridized carbons (Fsp3) is 0.308. The zero-order valence-electron chi connectivity index (χ0n) is 10.3. The van der Waals surface area contributed by atoms with Gasteiger partial charge in [-0.1, -0.05) is 29.8 Å². The van der Waals surface area contributed by atoms with E-state index in [0.717, 1.165) is 0 Å². The second kappa shape index (κ2) is 6.76. The first kappa shape index (κ1) is 15.0. The number of aliphatic carboxylic acids is 1. The highest BCUT2D eigenvalue weighted by atomic mass is 35.5. The molecule has 5 nitrogen and oxygen atoms in total. The minimum atomic E-state index is -1.05. The van der Waals surface area contributed by atoms with Crippen LogP contribution in [0.5, 0.6) is 0 Å². The smallest absolute Gasteiger partial charge is 0.303 e. The van der Waals surface area contributed by atoms with Gasteiger partial charge in [0, 0.05) is 24.1 Å². The van der Waals surface area contributed by atoms with Crippen LogP contribution >= 0.6 is 11.6 Å². The molecule has 0 saturated carbocycles. The van der Waals surface area contributed by atoms with Crippen molar-refractivity contribution in [1.82, 2.24) is 4.90 Å². The van der Waals surface area contributed by atoms with E-state index >= 15 is 0 Å². The van der Waals surface area contributed by atoms with Crippen molar-refractivity contribution in [3.05, 3.63) is 34.9 Å². The Hall–Kier alpha value is -2.06. The third-order valence-electron chi connectivity index (χ3n) is 2.66. The summed E-state index contributed by atoms with van der Waals surface area (Å²) in [5.41, 5.74) is 0.526. The first-order valence-electron chi connectivity index (χ1n) is 5.59. The van der Waals surface area contributed by atoms with Crippen molar-refractivity contribution in [2.24, 2.45) is 0 Å². The SMILES string of the molecule is CN(C(=O)CCC(=O)O)C(C#N)c1ccccc1Cl. The number of hydrogen-bond acceptors (Lipinski definition) is 3. The molecular weight excluding hydrogens is 268 g/mol. The van der Waals surface area contributed by atoms with E-state index < -0.39 is 17.9 Å². The number of carboxylic acids is 1. The van der Waals surface area contributed by atoms with Gasteiger partial charge in [0.15, 0.2) is 0 Å². The average molecular weight is 281 g/mol. The number of rotatable bonds is 5. The van der Waals surface area contributed by atoms with Gasteiger partial charge < -0.3 is 10.0 Å². The van der Waals surface area contributed by atoms with Crippen LogP contribution in [0.15, 0.2) is 24.3 Å². The molecule has 0 saturated heterocycles. The monoisotopic (exact) mass is 280 g/mol. The van der Waals surface area contributed by atoms with Crippen LogP contribution < -0.4 is 0 Å². The molecule has 19 heavy (non-hydrogen) atoms. The zero-order chi connectivity index (χ0) is 14.4. The summed E-state index contributed by atoms with van der Waals surface area (Å²) >= 11 is 5.99. The van der Waals surface area contributed by atoms with Crippen LogP contribution in [0.1, 0.15) is 24.4 Å². The van der Waals surface area contributed by atoms with Gasteiger partial charge in [-0.05, 0) is 6.07 Å². The van der Waals surface area contributed by atoms with E-state index in [4.69, 9.17) is 16.7 Å². The fourth-order valence-electron chi connectivity index (χ4n) is 1.60. The number of benzene rings is 1. The molecule has 100 valence electrons. The minimum Gasteiger partial charge on any atom is -0.481 e. The van der Waals surface area contributed by atoms with Gasteiger partial charge in [0.25, 0.3) is 0 Å². The number of carbonyl (C=O) groups excluding carboxylic acids is 1. The summed E-state index contributed by atoms with van der Waals surface area (Å²) in [6.45, 7) is 0. The average Bonchev–Trinajstić information content (AvgIpc) is 2.38. The Balaban J connectivity index is 2.86. The number of nitrogens with zero attached hydrogens (tertiary/aromatic N) is 2. The molecule has 1 N–H and O–H groups in total. The van der Waals surface area contributed by atoms with Gasteiger partial charge >= 0.3 is 5.97 Å². The molecule has 6 heteroatoms. The molecule has 0 aliphatic heterocycles. The summed E-state index contributed by atoms with van der Waals surface area (Å²) in [5.74, 6) is -1.46. The van der Waals surface area contributed by atoms with Crippen molar-refractivity contribution in [1.29, 1.82) is 5.26 Å². The minimum absolute atomic E-state index is 0.144. The van der Waals surface area contributed by atoms with E-state index in [9.17, 15) is 14.9 Å². The number of hydrogen-bond donors (Lipinski definition) is 1. The van der Waals surface area contributed by atoms with Crippen LogP contribution in [-0.2, 0) is 9.59 Å². The molecule has 0 heterocycles. The predicted octanol–water partition coefficient (Wildman–Crippen LogP) is 2.23. The predicted molar refractivity (Wildman–Crippen MR) is 69.4 cm³/mol. The second-order valence-corrected chi connectivity index (χ2v) is 4.36. The number of carbonyl (C=O) groups is 2. The third-order valence-corrected chi connectivity index (χ3v) is 3.00. The molecule has 0 bridgehead atoms. The van der Waals surface area contributed by atoms with Gasteiger partial charge in [-0.15, -0.1) is 0 Å². The van der Waals surface area contributed by atoms with Crippen molar-refractivity contribution in [3.8, 4) is 6.07 Å². The Morgan fingerprint density at radius 1 is 1.42 bits per heavy atom. The first-order valence-corrected chi connectivity index (χ1v) is 5.96. The van der Waals surface area contributed by atoms with E-state index in [1.54, 1.807) is 24.3 Å². The van der Waals surface area contributed by atoms with Crippen molar-refractivity contribution < 1.29 is 14.7 Å². The summed E-state index contributed by atoms with van der Waals surface area (Å²) in [6.07, 6.45) is -0.404. The highest BCUT2D eigenvalue weighted by molar-refractivity contribution is 6.31. The lowest BCUT2D eigenvalue weighted by molar-refractivity contribution is -0.140. The molecule has 0 aliphatic carbocycles. The maximum absolute atomic E-state index is 11.8. The van der Waals surface area contributed by atoms with E-state index in [1.807, 2.05) is 6.07 Å². The summed E-state index contributed by atoms with van der Waals surface area (Å²) < 4.78 is 0. The molecule has 0 spiro atoms. The second-order valence-electron chi connectivity index (χ2n) is 3.95. The quantitative estimate of drug-likeness (QED) is 0.897. The van der Waals surface area contributed by atoms with Gasteiger partial charge in [-0.25, -0.2) is 0 Å². The Bertz CT molecular complexity index is 525. The maximum Gasteiger partial charge on any atom is 0.303 e. The van der Waals surface area contributed by atoms with Gasteiger partial charge in [-0.2, -0.15) is 5.26 Å². The molecule has 1 unspecified atom stereocenters. The van der Waals surface area contributed by atoms with E-state index in [1.165, 1.54) is 11.9 Å². The summed E-state index contributed by atoms with van der Waals surface area (Å²) in [6, 6.07) is 7.93. The Kier molecular flexibility index (Phi) is 5.34. The van der Waals surface area contributed by atoms with Crippen LogP contribution in [0.4, 0.5) is 0 Å². The Labute approximate surface area is 116 Å². The zero-order valence-corrected chi connectivity index (χ0v) is 11.1.